The normalized spacial score (nSPS) is 9.81. The third-order valence-corrected chi connectivity index (χ3v) is 2.53. The maximum atomic E-state index is 5.37. The molecule has 1 aromatic rings. The second-order valence-corrected chi connectivity index (χ2v) is 4.12. The molecule has 2 heteroatoms. The van der Waals surface area contributed by atoms with Gasteiger partial charge < -0.3 is 9.47 Å². The SMILES string of the molecule is COc1cc(CC=C(C)C)c(OC)cc1C. The van der Waals surface area contributed by atoms with Crippen molar-refractivity contribution in [3.05, 3.63) is 34.9 Å². The van der Waals surface area contributed by atoms with E-state index in [-0.39, 0.29) is 0 Å². The Hall–Kier alpha value is -1.44. The summed E-state index contributed by atoms with van der Waals surface area (Å²) in [6, 6.07) is 4.07. The molecule has 88 valence electrons. The highest BCUT2D eigenvalue weighted by atomic mass is 16.5. The molecule has 16 heavy (non-hydrogen) atoms. The van der Waals surface area contributed by atoms with Crippen molar-refractivity contribution < 1.29 is 9.47 Å². The van der Waals surface area contributed by atoms with Crippen LogP contribution in [0.4, 0.5) is 0 Å². The standard InChI is InChI=1S/C14H20O2/c1-10(2)6-7-12-9-13(15-4)11(3)8-14(12)16-5/h6,8-9H,7H2,1-5H3. The number of hydrogen-bond acceptors (Lipinski definition) is 2. The van der Waals surface area contributed by atoms with Gasteiger partial charge in [0.05, 0.1) is 14.2 Å². The summed E-state index contributed by atoms with van der Waals surface area (Å²) >= 11 is 0. The first-order valence-electron chi connectivity index (χ1n) is 5.43. The van der Waals surface area contributed by atoms with E-state index < -0.39 is 0 Å². The molecule has 1 aromatic carbocycles. The van der Waals surface area contributed by atoms with Gasteiger partial charge in [0.1, 0.15) is 11.5 Å². The van der Waals surface area contributed by atoms with E-state index in [1.807, 2.05) is 19.1 Å². The number of aryl methyl sites for hydroxylation is 1. The lowest BCUT2D eigenvalue weighted by molar-refractivity contribution is 0.397. The molecule has 0 aliphatic carbocycles. The molecule has 0 N–H and O–H groups in total. The van der Waals surface area contributed by atoms with Crippen LogP contribution in [0.2, 0.25) is 0 Å². The third kappa shape index (κ3) is 3.02. The van der Waals surface area contributed by atoms with E-state index in [0.29, 0.717) is 0 Å². The van der Waals surface area contributed by atoms with Crippen molar-refractivity contribution in [2.75, 3.05) is 14.2 Å². The maximum Gasteiger partial charge on any atom is 0.122 e. The van der Waals surface area contributed by atoms with Crippen LogP contribution in [0.1, 0.15) is 25.0 Å². The number of benzene rings is 1. The summed E-state index contributed by atoms with van der Waals surface area (Å²) in [5.41, 5.74) is 3.56. The molecule has 0 amide bonds. The largest absolute Gasteiger partial charge is 0.496 e. The first-order valence-corrected chi connectivity index (χ1v) is 5.43. The van der Waals surface area contributed by atoms with E-state index in [1.165, 1.54) is 5.57 Å². The molecule has 0 unspecified atom stereocenters. The van der Waals surface area contributed by atoms with Crippen molar-refractivity contribution >= 4 is 0 Å². The summed E-state index contributed by atoms with van der Waals surface area (Å²) in [5, 5.41) is 0. The van der Waals surface area contributed by atoms with Gasteiger partial charge in [-0.25, -0.2) is 0 Å². The predicted molar refractivity (Wildman–Crippen MR) is 67.4 cm³/mol. The van der Waals surface area contributed by atoms with Gasteiger partial charge in [0.15, 0.2) is 0 Å². The highest BCUT2D eigenvalue weighted by molar-refractivity contribution is 5.46. The second kappa shape index (κ2) is 5.59. The first-order chi connectivity index (χ1) is 7.58. The summed E-state index contributed by atoms with van der Waals surface area (Å²) in [7, 11) is 3.40. The van der Waals surface area contributed by atoms with Crippen LogP contribution in [0.5, 0.6) is 11.5 Å². The molecule has 0 saturated heterocycles. The summed E-state index contributed by atoms with van der Waals surface area (Å²) in [4.78, 5) is 0. The minimum absolute atomic E-state index is 0.877. The average Bonchev–Trinajstić information content (AvgIpc) is 2.26. The van der Waals surface area contributed by atoms with Crippen LogP contribution < -0.4 is 9.47 Å². The van der Waals surface area contributed by atoms with Crippen molar-refractivity contribution in [2.24, 2.45) is 0 Å². The van der Waals surface area contributed by atoms with Crippen LogP contribution in [0.15, 0.2) is 23.8 Å². The number of methoxy groups -OCH3 is 2. The first kappa shape index (κ1) is 12.6. The van der Waals surface area contributed by atoms with E-state index in [2.05, 4.69) is 19.9 Å². The van der Waals surface area contributed by atoms with Gasteiger partial charge in [-0.2, -0.15) is 0 Å². The lowest BCUT2D eigenvalue weighted by Crippen LogP contribution is -1.95. The van der Waals surface area contributed by atoms with Gasteiger partial charge in [0, 0.05) is 5.56 Å². The maximum absolute atomic E-state index is 5.37. The topological polar surface area (TPSA) is 18.5 Å². The number of rotatable bonds is 4. The molecule has 0 aliphatic heterocycles. The molecule has 2 nitrogen and oxygen atoms in total. The Balaban J connectivity index is 3.09. The molecule has 0 fully saturated rings. The summed E-state index contributed by atoms with van der Waals surface area (Å²) in [6.07, 6.45) is 3.06. The monoisotopic (exact) mass is 220 g/mol. The van der Waals surface area contributed by atoms with Crippen LogP contribution in [0.25, 0.3) is 0 Å². The van der Waals surface area contributed by atoms with Crippen molar-refractivity contribution in [3.63, 3.8) is 0 Å². The van der Waals surface area contributed by atoms with E-state index >= 15 is 0 Å². The fraction of sp³-hybridized carbons (Fsp3) is 0.429. The smallest absolute Gasteiger partial charge is 0.122 e. The molecular weight excluding hydrogens is 200 g/mol. The van der Waals surface area contributed by atoms with Crippen molar-refractivity contribution in [1.82, 2.24) is 0 Å². The molecule has 0 aliphatic rings. The molecule has 1 rings (SSSR count). The van der Waals surface area contributed by atoms with Crippen LogP contribution in [0, 0.1) is 6.92 Å². The van der Waals surface area contributed by atoms with Crippen molar-refractivity contribution in [1.29, 1.82) is 0 Å². The van der Waals surface area contributed by atoms with Crippen LogP contribution >= 0.6 is 0 Å². The summed E-state index contributed by atoms with van der Waals surface area (Å²) < 4.78 is 10.7. The minimum atomic E-state index is 0.877. The second-order valence-electron chi connectivity index (χ2n) is 4.12. The van der Waals surface area contributed by atoms with Crippen molar-refractivity contribution in [2.45, 2.75) is 27.2 Å². The van der Waals surface area contributed by atoms with Gasteiger partial charge in [-0.1, -0.05) is 11.6 Å². The molecule has 0 saturated carbocycles. The summed E-state index contributed by atoms with van der Waals surface area (Å²) in [5.74, 6) is 1.84. The molecule has 0 heterocycles. The molecule has 0 bridgehead atoms. The Morgan fingerprint density at radius 3 is 2.25 bits per heavy atom. The fourth-order valence-corrected chi connectivity index (χ4v) is 1.59. The highest BCUT2D eigenvalue weighted by Crippen LogP contribution is 2.28. The molecule has 0 radical (unpaired) electrons. The lowest BCUT2D eigenvalue weighted by Gasteiger charge is -2.12. The van der Waals surface area contributed by atoms with Gasteiger partial charge in [-0.15, -0.1) is 0 Å². The molecule has 0 aromatic heterocycles. The predicted octanol–water partition coefficient (Wildman–Crippen LogP) is 3.52. The third-order valence-electron chi connectivity index (χ3n) is 2.53. The van der Waals surface area contributed by atoms with Gasteiger partial charge in [-0.3, -0.25) is 0 Å². The Kier molecular flexibility index (Phi) is 4.41. The fourth-order valence-electron chi connectivity index (χ4n) is 1.59. The van der Waals surface area contributed by atoms with E-state index in [1.54, 1.807) is 14.2 Å². The Bertz CT molecular complexity index is 388. The van der Waals surface area contributed by atoms with Gasteiger partial charge in [0.2, 0.25) is 0 Å². The zero-order valence-electron chi connectivity index (χ0n) is 10.8. The van der Waals surface area contributed by atoms with Crippen LogP contribution in [-0.2, 0) is 6.42 Å². The van der Waals surface area contributed by atoms with E-state index in [9.17, 15) is 0 Å². The van der Waals surface area contributed by atoms with Crippen LogP contribution in [0.3, 0.4) is 0 Å². The molecular formula is C14H20O2. The Morgan fingerprint density at radius 2 is 1.75 bits per heavy atom. The Morgan fingerprint density at radius 1 is 1.12 bits per heavy atom. The van der Waals surface area contributed by atoms with E-state index in [4.69, 9.17) is 9.47 Å². The number of hydrogen-bond donors (Lipinski definition) is 0. The van der Waals surface area contributed by atoms with Gasteiger partial charge in [0.25, 0.3) is 0 Å². The zero-order valence-corrected chi connectivity index (χ0v) is 10.8. The van der Waals surface area contributed by atoms with Crippen molar-refractivity contribution in [3.8, 4) is 11.5 Å². The van der Waals surface area contributed by atoms with Gasteiger partial charge in [-0.05, 0) is 44.9 Å². The zero-order chi connectivity index (χ0) is 12.1. The number of allylic oxidation sites excluding steroid dienone is 2. The molecule has 0 spiro atoms. The Labute approximate surface area is 97.9 Å². The highest BCUT2D eigenvalue weighted by Gasteiger charge is 2.07. The lowest BCUT2D eigenvalue weighted by atomic mass is 10.1. The van der Waals surface area contributed by atoms with E-state index in [0.717, 1.165) is 29.0 Å². The van der Waals surface area contributed by atoms with Gasteiger partial charge >= 0.3 is 0 Å². The summed E-state index contributed by atoms with van der Waals surface area (Å²) in [6.45, 7) is 6.21. The minimum Gasteiger partial charge on any atom is -0.496 e. The molecule has 0 atom stereocenters. The number of ether oxygens (including phenoxy) is 2. The average molecular weight is 220 g/mol. The van der Waals surface area contributed by atoms with Crippen LogP contribution in [-0.4, -0.2) is 14.2 Å². The quantitative estimate of drug-likeness (QED) is 0.723.